The van der Waals surface area contributed by atoms with Crippen molar-refractivity contribution in [1.82, 2.24) is 20.3 Å². The van der Waals surface area contributed by atoms with Gasteiger partial charge in [-0.1, -0.05) is 17.7 Å². The van der Waals surface area contributed by atoms with Crippen LogP contribution in [0.5, 0.6) is 0 Å². The largest absolute Gasteiger partial charge is 0.347 e. The molecule has 0 bridgehead atoms. The Morgan fingerprint density at radius 2 is 1.96 bits per heavy atom. The first-order valence-corrected chi connectivity index (χ1v) is 8.55. The van der Waals surface area contributed by atoms with Crippen molar-refractivity contribution in [3.8, 4) is 0 Å². The molecule has 0 radical (unpaired) electrons. The summed E-state index contributed by atoms with van der Waals surface area (Å²) in [6.07, 6.45) is 2.31. The first-order valence-electron chi connectivity index (χ1n) is 8.55. The fourth-order valence-electron chi connectivity index (χ4n) is 2.78. The van der Waals surface area contributed by atoms with Crippen LogP contribution >= 0.6 is 0 Å². The molecule has 2 heterocycles. The molecule has 7 heteroatoms. The molecule has 1 saturated heterocycles. The molecule has 1 aliphatic heterocycles. The summed E-state index contributed by atoms with van der Waals surface area (Å²) < 4.78 is 0. The first kappa shape index (κ1) is 17.1. The maximum Gasteiger partial charge on any atom is 0.251 e. The zero-order valence-corrected chi connectivity index (χ0v) is 15.0. The molecular weight excluding hydrogens is 316 g/mol. The third-order valence-electron chi connectivity index (χ3n) is 4.13. The Morgan fingerprint density at radius 1 is 1.20 bits per heavy atom. The van der Waals surface area contributed by atoms with E-state index in [9.17, 15) is 4.79 Å². The van der Waals surface area contributed by atoms with Crippen LogP contribution in [-0.4, -0.2) is 48.0 Å². The van der Waals surface area contributed by atoms with Crippen LogP contribution in [0.3, 0.4) is 0 Å². The SMILES string of the molecule is Cc1cccc(C(=O)NCc2nc(N(C)C)nc(N3CCCC3)n2)c1. The molecular formula is C18H24N6O. The third-order valence-corrected chi connectivity index (χ3v) is 4.13. The molecule has 0 spiro atoms. The number of nitrogens with zero attached hydrogens (tertiary/aromatic N) is 5. The topological polar surface area (TPSA) is 74.2 Å². The highest BCUT2D eigenvalue weighted by Crippen LogP contribution is 2.18. The van der Waals surface area contributed by atoms with Crippen molar-refractivity contribution in [3.05, 3.63) is 41.2 Å². The van der Waals surface area contributed by atoms with Crippen LogP contribution in [0.1, 0.15) is 34.6 Å². The highest BCUT2D eigenvalue weighted by molar-refractivity contribution is 5.94. The molecule has 7 nitrogen and oxygen atoms in total. The molecule has 1 aromatic heterocycles. The van der Waals surface area contributed by atoms with E-state index < -0.39 is 0 Å². The quantitative estimate of drug-likeness (QED) is 0.894. The van der Waals surface area contributed by atoms with E-state index in [2.05, 4.69) is 25.2 Å². The lowest BCUT2D eigenvalue weighted by Crippen LogP contribution is -2.27. The van der Waals surface area contributed by atoms with Crippen LogP contribution in [0, 0.1) is 6.92 Å². The summed E-state index contributed by atoms with van der Waals surface area (Å²) in [6, 6.07) is 7.51. The van der Waals surface area contributed by atoms with E-state index in [1.807, 2.05) is 44.1 Å². The summed E-state index contributed by atoms with van der Waals surface area (Å²) in [5, 5.41) is 2.90. The van der Waals surface area contributed by atoms with E-state index in [0.717, 1.165) is 31.5 Å². The van der Waals surface area contributed by atoms with Crippen LogP contribution in [0.25, 0.3) is 0 Å². The fourth-order valence-corrected chi connectivity index (χ4v) is 2.78. The molecule has 1 fully saturated rings. The Labute approximate surface area is 148 Å². The van der Waals surface area contributed by atoms with Gasteiger partial charge in [0.1, 0.15) is 0 Å². The molecule has 1 N–H and O–H groups in total. The Morgan fingerprint density at radius 3 is 2.64 bits per heavy atom. The Bertz CT molecular complexity index is 755. The summed E-state index contributed by atoms with van der Waals surface area (Å²) >= 11 is 0. The lowest BCUT2D eigenvalue weighted by Gasteiger charge is -2.19. The highest BCUT2D eigenvalue weighted by Gasteiger charge is 2.18. The second-order valence-corrected chi connectivity index (χ2v) is 6.49. The van der Waals surface area contributed by atoms with Gasteiger partial charge < -0.3 is 15.1 Å². The molecule has 1 aliphatic rings. The molecule has 0 saturated carbocycles. The minimum absolute atomic E-state index is 0.127. The second kappa shape index (κ2) is 7.46. The van der Waals surface area contributed by atoms with Crippen LogP contribution in [0.4, 0.5) is 11.9 Å². The number of benzene rings is 1. The molecule has 3 rings (SSSR count). The van der Waals surface area contributed by atoms with Gasteiger partial charge in [-0.3, -0.25) is 4.79 Å². The number of hydrogen-bond donors (Lipinski definition) is 1. The zero-order valence-electron chi connectivity index (χ0n) is 15.0. The lowest BCUT2D eigenvalue weighted by atomic mass is 10.1. The average Bonchev–Trinajstić information content (AvgIpc) is 3.14. The Hall–Kier alpha value is -2.70. The third kappa shape index (κ3) is 4.23. The molecule has 132 valence electrons. The molecule has 0 aliphatic carbocycles. The molecule has 1 aromatic carbocycles. The van der Waals surface area contributed by atoms with Gasteiger partial charge in [0.25, 0.3) is 5.91 Å². The maximum absolute atomic E-state index is 12.3. The van der Waals surface area contributed by atoms with Crippen molar-refractivity contribution in [2.24, 2.45) is 0 Å². The Balaban J connectivity index is 1.75. The van der Waals surface area contributed by atoms with E-state index in [0.29, 0.717) is 23.3 Å². The molecule has 0 atom stereocenters. The molecule has 25 heavy (non-hydrogen) atoms. The van der Waals surface area contributed by atoms with Crippen molar-refractivity contribution >= 4 is 17.8 Å². The van der Waals surface area contributed by atoms with Gasteiger partial charge in [0, 0.05) is 32.7 Å². The number of anilines is 2. The van der Waals surface area contributed by atoms with Gasteiger partial charge in [0.2, 0.25) is 11.9 Å². The minimum atomic E-state index is -0.127. The van der Waals surface area contributed by atoms with Crippen molar-refractivity contribution < 1.29 is 4.79 Å². The fraction of sp³-hybridized carbons (Fsp3) is 0.444. The molecule has 0 unspecified atom stereocenters. The Kier molecular flexibility index (Phi) is 5.11. The van der Waals surface area contributed by atoms with Gasteiger partial charge in [0.15, 0.2) is 5.82 Å². The highest BCUT2D eigenvalue weighted by atomic mass is 16.1. The van der Waals surface area contributed by atoms with E-state index in [1.54, 1.807) is 6.07 Å². The molecule has 1 amide bonds. The summed E-state index contributed by atoms with van der Waals surface area (Å²) in [6.45, 7) is 4.17. The van der Waals surface area contributed by atoms with Crippen molar-refractivity contribution in [2.75, 3.05) is 37.0 Å². The van der Waals surface area contributed by atoms with Gasteiger partial charge in [-0.15, -0.1) is 0 Å². The number of nitrogens with one attached hydrogen (secondary N) is 1. The van der Waals surface area contributed by atoms with Gasteiger partial charge in [-0.05, 0) is 31.9 Å². The first-order chi connectivity index (χ1) is 12.0. The van der Waals surface area contributed by atoms with E-state index in [4.69, 9.17) is 0 Å². The van der Waals surface area contributed by atoms with Gasteiger partial charge >= 0.3 is 0 Å². The lowest BCUT2D eigenvalue weighted by molar-refractivity contribution is 0.0949. The maximum atomic E-state index is 12.3. The predicted octanol–water partition coefficient (Wildman–Crippen LogP) is 1.78. The number of hydrogen-bond acceptors (Lipinski definition) is 6. The van der Waals surface area contributed by atoms with Crippen molar-refractivity contribution in [2.45, 2.75) is 26.3 Å². The number of carbonyl (C=O) groups is 1. The van der Waals surface area contributed by atoms with Crippen molar-refractivity contribution in [3.63, 3.8) is 0 Å². The number of amides is 1. The monoisotopic (exact) mass is 340 g/mol. The molecule has 2 aromatic rings. The average molecular weight is 340 g/mol. The van der Waals surface area contributed by atoms with Gasteiger partial charge in [0.05, 0.1) is 6.54 Å². The zero-order chi connectivity index (χ0) is 17.8. The second-order valence-electron chi connectivity index (χ2n) is 6.49. The minimum Gasteiger partial charge on any atom is -0.347 e. The smallest absolute Gasteiger partial charge is 0.251 e. The van der Waals surface area contributed by atoms with Crippen molar-refractivity contribution in [1.29, 1.82) is 0 Å². The number of aryl methyl sites for hydroxylation is 1. The van der Waals surface area contributed by atoms with Gasteiger partial charge in [-0.25, -0.2) is 0 Å². The summed E-state index contributed by atoms with van der Waals surface area (Å²) in [4.78, 5) is 29.9. The summed E-state index contributed by atoms with van der Waals surface area (Å²) in [5.74, 6) is 1.74. The van der Waals surface area contributed by atoms with E-state index in [1.165, 1.54) is 0 Å². The van der Waals surface area contributed by atoms with Gasteiger partial charge in [-0.2, -0.15) is 15.0 Å². The van der Waals surface area contributed by atoms with Crippen LogP contribution in [0.15, 0.2) is 24.3 Å². The van der Waals surface area contributed by atoms with E-state index in [-0.39, 0.29) is 12.5 Å². The standard InChI is InChI=1S/C18H24N6O/c1-13-7-6-8-14(11-13)16(25)19-12-15-20-17(23(2)3)22-18(21-15)24-9-4-5-10-24/h6-8,11H,4-5,9-10,12H2,1-3H3,(H,19,25). The summed E-state index contributed by atoms with van der Waals surface area (Å²) in [7, 11) is 3.80. The van der Waals surface area contributed by atoms with Crippen LogP contribution < -0.4 is 15.1 Å². The number of rotatable bonds is 5. The van der Waals surface area contributed by atoms with Crippen LogP contribution in [-0.2, 0) is 6.54 Å². The number of aromatic nitrogens is 3. The van der Waals surface area contributed by atoms with Crippen LogP contribution in [0.2, 0.25) is 0 Å². The van der Waals surface area contributed by atoms with E-state index >= 15 is 0 Å². The normalized spacial score (nSPS) is 13.8. The number of carbonyl (C=O) groups excluding carboxylic acids is 1. The summed E-state index contributed by atoms with van der Waals surface area (Å²) in [5.41, 5.74) is 1.70. The predicted molar refractivity (Wildman–Crippen MR) is 98.0 cm³/mol.